The summed E-state index contributed by atoms with van der Waals surface area (Å²) in [7, 11) is 0. The number of aliphatic hydroxyl groups is 4. The Morgan fingerprint density at radius 1 is 0.500 bits per heavy atom. The van der Waals surface area contributed by atoms with Crippen LogP contribution in [0.3, 0.4) is 0 Å². The minimum absolute atomic E-state index is 0.357. The minimum Gasteiger partial charge on any atom is -0.394 e. The van der Waals surface area contributed by atoms with Crippen molar-refractivity contribution < 1.29 is 25.2 Å². The van der Waals surface area contributed by atoms with Crippen LogP contribution in [0.25, 0.3) is 0 Å². The maximum absolute atomic E-state index is 12.5. The fourth-order valence-electron chi connectivity index (χ4n) is 6.57. The van der Waals surface area contributed by atoms with E-state index in [4.69, 9.17) is 0 Å². The van der Waals surface area contributed by atoms with E-state index in [0.717, 1.165) is 51.4 Å². The standard InChI is InChI=1S/C42H83NO5/c1-3-5-7-9-11-13-15-17-18-19-20-21-22-23-24-26-28-30-32-34-36-40(46)42(48)43-38(37-44)41(47)39(45)35-33-31-29-27-25-16-14-12-10-8-6-4-2/h23-24,38-41,44-47H,3-22,25-37H2,1-2H3,(H,43,48)/b24-23-/t38-,39+,40+,41-/m0/s1. The van der Waals surface area contributed by atoms with Gasteiger partial charge in [0, 0.05) is 0 Å². The molecule has 0 aromatic heterocycles. The van der Waals surface area contributed by atoms with Crippen LogP contribution in [0.4, 0.5) is 0 Å². The van der Waals surface area contributed by atoms with Gasteiger partial charge in [0.1, 0.15) is 12.2 Å². The van der Waals surface area contributed by atoms with E-state index in [1.807, 2.05) is 0 Å². The molecule has 1 amide bonds. The molecule has 0 unspecified atom stereocenters. The molecule has 0 aromatic carbocycles. The molecule has 0 aliphatic rings. The van der Waals surface area contributed by atoms with Gasteiger partial charge in [0.25, 0.3) is 0 Å². The first-order valence-electron chi connectivity index (χ1n) is 21.1. The summed E-state index contributed by atoms with van der Waals surface area (Å²) in [5.41, 5.74) is 0. The molecule has 4 atom stereocenters. The molecule has 48 heavy (non-hydrogen) atoms. The zero-order valence-electron chi connectivity index (χ0n) is 32.0. The van der Waals surface area contributed by atoms with E-state index in [9.17, 15) is 25.2 Å². The molecule has 0 spiro atoms. The number of hydrogen-bond acceptors (Lipinski definition) is 5. The van der Waals surface area contributed by atoms with Crippen LogP contribution in [0.2, 0.25) is 0 Å². The Labute approximate surface area is 298 Å². The third kappa shape index (κ3) is 31.1. The molecule has 0 saturated heterocycles. The molecule has 0 radical (unpaired) electrons. The zero-order valence-corrected chi connectivity index (χ0v) is 32.0. The minimum atomic E-state index is -1.26. The van der Waals surface area contributed by atoms with E-state index in [2.05, 4.69) is 31.3 Å². The van der Waals surface area contributed by atoms with E-state index in [-0.39, 0.29) is 0 Å². The Morgan fingerprint density at radius 3 is 1.21 bits per heavy atom. The van der Waals surface area contributed by atoms with E-state index in [1.165, 1.54) is 141 Å². The van der Waals surface area contributed by atoms with Gasteiger partial charge in [-0.05, 0) is 38.5 Å². The summed E-state index contributed by atoms with van der Waals surface area (Å²) in [5.74, 6) is -0.591. The highest BCUT2D eigenvalue weighted by Gasteiger charge is 2.28. The van der Waals surface area contributed by atoms with Crippen LogP contribution in [0, 0.1) is 0 Å². The maximum Gasteiger partial charge on any atom is 0.249 e. The number of carbonyl (C=O) groups is 1. The Morgan fingerprint density at radius 2 is 0.833 bits per heavy atom. The molecule has 5 N–H and O–H groups in total. The molecule has 286 valence electrons. The average molecular weight is 682 g/mol. The molecular weight excluding hydrogens is 598 g/mol. The average Bonchev–Trinajstić information content (AvgIpc) is 3.09. The molecule has 6 nitrogen and oxygen atoms in total. The number of rotatable bonds is 38. The number of hydrogen-bond donors (Lipinski definition) is 5. The summed E-state index contributed by atoms with van der Waals surface area (Å²) < 4.78 is 0. The highest BCUT2D eigenvalue weighted by molar-refractivity contribution is 5.80. The summed E-state index contributed by atoms with van der Waals surface area (Å²) in [5, 5.41) is 43.5. The largest absolute Gasteiger partial charge is 0.394 e. The third-order valence-corrected chi connectivity index (χ3v) is 9.98. The van der Waals surface area contributed by atoms with Crippen LogP contribution >= 0.6 is 0 Å². The van der Waals surface area contributed by atoms with Gasteiger partial charge in [0.05, 0.1) is 18.8 Å². The van der Waals surface area contributed by atoms with E-state index < -0.39 is 36.9 Å². The van der Waals surface area contributed by atoms with Crippen molar-refractivity contribution in [1.82, 2.24) is 5.32 Å². The lowest BCUT2D eigenvalue weighted by molar-refractivity contribution is -0.132. The second kappa shape index (κ2) is 37.3. The first-order valence-corrected chi connectivity index (χ1v) is 21.1. The van der Waals surface area contributed by atoms with Gasteiger partial charge >= 0.3 is 0 Å². The van der Waals surface area contributed by atoms with Crippen molar-refractivity contribution in [2.24, 2.45) is 0 Å². The quantitative estimate of drug-likeness (QED) is 0.0329. The van der Waals surface area contributed by atoms with Crippen LogP contribution in [0.5, 0.6) is 0 Å². The highest BCUT2D eigenvalue weighted by atomic mass is 16.3. The molecule has 0 aliphatic carbocycles. The van der Waals surface area contributed by atoms with Gasteiger partial charge in [-0.25, -0.2) is 0 Å². The normalized spacial score (nSPS) is 14.4. The summed E-state index contributed by atoms with van der Waals surface area (Å²) in [6, 6.07) is -0.985. The van der Waals surface area contributed by atoms with Gasteiger partial charge in [-0.2, -0.15) is 0 Å². The predicted octanol–water partition coefficient (Wildman–Crippen LogP) is 10.6. The van der Waals surface area contributed by atoms with Crippen LogP contribution < -0.4 is 5.32 Å². The molecule has 0 bridgehead atoms. The third-order valence-electron chi connectivity index (χ3n) is 9.98. The monoisotopic (exact) mass is 682 g/mol. The van der Waals surface area contributed by atoms with Gasteiger partial charge in [-0.3, -0.25) is 4.79 Å². The van der Waals surface area contributed by atoms with E-state index >= 15 is 0 Å². The molecule has 0 saturated carbocycles. The lowest BCUT2D eigenvalue weighted by Gasteiger charge is -2.27. The van der Waals surface area contributed by atoms with Gasteiger partial charge in [-0.1, -0.05) is 193 Å². The van der Waals surface area contributed by atoms with Crippen molar-refractivity contribution >= 4 is 5.91 Å². The Bertz CT molecular complexity index is 687. The molecule has 0 fully saturated rings. The van der Waals surface area contributed by atoms with Crippen LogP contribution in [0.15, 0.2) is 12.2 Å². The maximum atomic E-state index is 12.5. The number of carbonyl (C=O) groups excluding carboxylic acids is 1. The number of aliphatic hydroxyl groups excluding tert-OH is 4. The molecule has 0 aliphatic heterocycles. The van der Waals surface area contributed by atoms with Crippen LogP contribution in [-0.4, -0.2) is 57.3 Å². The lowest BCUT2D eigenvalue weighted by Crippen LogP contribution is -2.53. The van der Waals surface area contributed by atoms with Crippen LogP contribution in [-0.2, 0) is 4.79 Å². The molecule has 0 rings (SSSR count). The summed E-state index contributed by atoms with van der Waals surface area (Å²) in [6.07, 6.45) is 39.5. The summed E-state index contributed by atoms with van der Waals surface area (Å²) >= 11 is 0. The fraction of sp³-hybridized carbons (Fsp3) is 0.929. The van der Waals surface area contributed by atoms with E-state index in [0.29, 0.717) is 12.8 Å². The van der Waals surface area contributed by atoms with Gasteiger partial charge in [0.2, 0.25) is 5.91 Å². The first-order chi connectivity index (χ1) is 23.5. The SMILES string of the molecule is CCCCCCCCCCCCCC/C=C\CCCCCC[C@@H](O)C(=O)N[C@@H](CO)[C@H](O)[C@H](O)CCCCCCCCCCCCCC. The van der Waals surface area contributed by atoms with Crippen molar-refractivity contribution in [2.75, 3.05) is 6.61 Å². The zero-order chi connectivity index (χ0) is 35.3. The Hall–Kier alpha value is -0.950. The van der Waals surface area contributed by atoms with Crippen molar-refractivity contribution in [1.29, 1.82) is 0 Å². The van der Waals surface area contributed by atoms with Gasteiger partial charge in [0.15, 0.2) is 0 Å². The molecule has 6 heteroatoms. The molecule has 0 aromatic rings. The number of allylic oxidation sites excluding steroid dienone is 2. The van der Waals surface area contributed by atoms with Crippen molar-refractivity contribution in [3.8, 4) is 0 Å². The molecular formula is C42H83NO5. The number of nitrogens with one attached hydrogen (secondary N) is 1. The lowest BCUT2D eigenvalue weighted by atomic mass is 9.99. The highest BCUT2D eigenvalue weighted by Crippen LogP contribution is 2.16. The number of amides is 1. The van der Waals surface area contributed by atoms with Crippen LogP contribution in [0.1, 0.15) is 219 Å². The van der Waals surface area contributed by atoms with Gasteiger partial charge in [-0.15, -0.1) is 0 Å². The summed E-state index contributed by atoms with van der Waals surface area (Å²) in [6.45, 7) is 4.04. The summed E-state index contributed by atoms with van der Waals surface area (Å²) in [4.78, 5) is 12.5. The van der Waals surface area contributed by atoms with E-state index in [1.54, 1.807) is 0 Å². The van der Waals surface area contributed by atoms with Crippen molar-refractivity contribution in [2.45, 2.75) is 244 Å². The second-order valence-corrected chi connectivity index (χ2v) is 14.7. The Kier molecular flexibility index (Phi) is 36.6. The first kappa shape index (κ1) is 47.0. The van der Waals surface area contributed by atoms with Crippen molar-refractivity contribution in [3.63, 3.8) is 0 Å². The topological polar surface area (TPSA) is 110 Å². The smallest absolute Gasteiger partial charge is 0.249 e. The molecule has 0 heterocycles. The second-order valence-electron chi connectivity index (χ2n) is 14.7. The van der Waals surface area contributed by atoms with Crippen molar-refractivity contribution in [3.05, 3.63) is 12.2 Å². The predicted molar refractivity (Wildman–Crippen MR) is 205 cm³/mol. The Balaban J connectivity index is 3.74. The number of unbranched alkanes of at least 4 members (excludes halogenated alkanes) is 27. The fourth-order valence-corrected chi connectivity index (χ4v) is 6.57. The van der Waals surface area contributed by atoms with Gasteiger partial charge < -0.3 is 25.7 Å².